The third-order valence-corrected chi connectivity index (χ3v) is 4.33. The van der Waals surface area contributed by atoms with Crippen molar-refractivity contribution in [3.05, 3.63) is 65.2 Å². The molecule has 1 aliphatic rings. The molecule has 0 N–H and O–H groups in total. The quantitative estimate of drug-likeness (QED) is 0.865. The van der Waals surface area contributed by atoms with Crippen molar-refractivity contribution in [2.24, 2.45) is 0 Å². The number of carbonyl (C=O) groups is 1. The van der Waals surface area contributed by atoms with Gasteiger partial charge >= 0.3 is 0 Å². The highest BCUT2D eigenvalue weighted by atomic mass is 16.5. The number of aryl methyl sites for hydroxylation is 1. The number of nitrogens with zero attached hydrogens (tertiary/aromatic N) is 1. The van der Waals surface area contributed by atoms with E-state index >= 15 is 0 Å². The van der Waals surface area contributed by atoms with E-state index in [1.165, 1.54) is 5.56 Å². The Morgan fingerprint density at radius 1 is 1.18 bits per heavy atom. The zero-order valence-electron chi connectivity index (χ0n) is 13.1. The summed E-state index contributed by atoms with van der Waals surface area (Å²) in [5.41, 5.74) is 3.19. The van der Waals surface area contributed by atoms with Gasteiger partial charge in [-0.3, -0.25) is 4.79 Å². The van der Waals surface area contributed by atoms with Crippen molar-refractivity contribution in [2.45, 2.75) is 19.3 Å². The lowest BCUT2D eigenvalue weighted by molar-refractivity contribution is 0.0790. The maximum absolute atomic E-state index is 12.6. The molecule has 1 aliphatic heterocycles. The van der Waals surface area contributed by atoms with Crippen molar-refractivity contribution >= 4 is 5.91 Å². The Bertz CT molecular complexity index is 663. The molecule has 1 fully saturated rings. The summed E-state index contributed by atoms with van der Waals surface area (Å²) in [4.78, 5) is 14.5. The van der Waals surface area contributed by atoms with Crippen molar-refractivity contribution in [1.82, 2.24) is 4.90 Å². The van der Waals surface area contributed by atoms with Gasteiger partial charge in [0.1, 0.15) is 5.75 Å². The lowest BCUT2D eigenvalue weighted by atomic mass is 9.98. The second kappa shape index (κ2) is 6.22. The molecule has 1 atom stereocenters. The van der Waals surface area contributed by atoms with Crippen LogP contribution in [0.2, 0.25) is 0 Å². The highest BCUT2D eigenvalue weighted by Gasteiger charge is 2.27. The average molecular weight is 295 g/mol. The summed E-state index contributed by atoms with van der Waals surface area (Å²) >= 11 is 0. The molecule has 0 spiro atoms. The number of ether oxygens (including phenoxy) is 1. The molecule has 3 heteroatoms. The van der Waals surface area contributed by atoms with Crippen LogP contribution in [0.5, 0.6) is 5.75 Å². The van der Waals surface area contributed by atoms with E-state index in [1.807, 2.05) is 48.2 Å². The molecule has 1 amide bonds. The molecule has 0 aromatic heterocycles. The molecular weight excluding hydrogens is 274 g/mol. The highest BCUT2D eigenvalue weighted by molar-refractivity contribution is 5.94. The van der Waals surface area contributed by atoms with Gasteiger partial charge in [-0.1, -0.05) is 29.8 Å². The summed E-state index contributed by atoms with van der Waals surface area (Å²) in [6.07, 6.45) is 1.02. The lowest BCUT2D eigenvalue weighted by Crippen LogP contribution is -2.28. The van der Waals surface area contributed by atoms with E-state index in [1.54, 1.807) is 7.11 Å². The minimum atomic E-state index is 0.139. The van der Waals surface area contributed by atoms with Crippen molar-refractivity contribution in [1.29, 1.82) is 0 Å². The van der Waals surface area contributed by atoms with Gasteiger partial charge in [0.2, 0.25) is 0 Å². The predicted molar refractivity (Wildman–Crippen MR) is 87.4 cm³/mol. The number of hydrogen-bond donors (Lipinski definition) is 0. The molecule has 2 aromatic carbocycles. The van der Waals surface area contributed by atoms with E-state index in [9.17, 15) is 4.79 Å². The van der Waals surface area contributed by atoms with Crippen LogP contribution in [-0.4, -0.2) is 31.0 Å². The summed E-state index contributed by atoms with van der Waals surface area (Å²) < 4.78 is 5.20. The number of carbonyl (C=O) groups excluding carboxylic acids is 1. The normalized spacial score (nSPS) is 17.5. The fraction of sp³-hybridized carbons (Fsp3) is 0.316. The van der Waals surface area contributed by atoms with E-state index in [4.69, 9.17) is 4.74 Å². The van der Waals surface area contributed by atoms with Crippen LogP contribution in [0.4, 0.5) is 0 Å². The van der Waals surface area contributed by atoms with Crippen LogP contribution in [0.25, 0.3) is 0 Å². The lowest BCUT2D eigenvalue weighted by Gasteiger charge is -2.17. The largest absolute Gasteiger partial charge is 0.497 e. The first-order chi connectivity index (χ1) is 10.7. The summed E-state index contributed by atoms with van der Waals surface area (Å²) in [6, 6.07) is 16.0. The molecule has 1 heterocycles. The third kappa shape index (κ3) is 2.98. The van der Waals surface area contributed by atoms with E-state index in [2.05, 4.69) is 12.1 Å². The Kier molecular flexibility index (Phi) is 4.14. The summed E-state index contributed by atoms with van der Waals surface area (Å²) in [6.45, 7) is 3.63. The Hall–Kier alpha value is -2.29. The minimum Gasteiger partial charge on any atom is -0.497 e. The van der Waals surface area contributed by atoms with Gasteiger partial charge in [-0.15, -0.1) is 0 Å². The van der Waals surface area contributed by atoms with Crippen molar-refractivity contribution in [3.63, 3.8) is 0 Å². The summed E-state index contributed by atoms with van der Waals surface area (Å²) in [7, 11) is 1.67. The molecule has 0 bridgehead atoms. The van der Waals surface area contributed by atoms with Crippen molar-refractivity contribution in [2.75, 3.05) is 20.2 Å². The fourth-order valence-electron chi connectivity index (χ4n) is 3.05. The van der Waals surface area contributed by atoms with Crippen LogP contribution in [0.15, 0.2) is 48.5 Å². The molecule has 0 radical (unpaired) electrons. The van der Waals surface area contributed by atoms with E-state index in [0.29, 0.717) is 5.92 Å². The number of amides is 1. The third-order valence-electron chi connectivity index (χ3n) is 4.33. The van der Waals surface area contributed by atoms with Gasteiger partial charge in [0, 0.05) is 24.6 Å². The molecule has 22 heavy (non-hydrogen) atoms. The topological polar surface area (TPSA) is 29.5 Å². The molecule has 0 aliphatic carbocycles. The molecule has 3 rings (SSSR count). The maximum Gasteiger partial charge on any atom is 0.253 e. The first-order valence-corrected chi connectivity index (χ1v) is 7.67. The minimum absolute atomic E-state index is 0.139. The van der Waals surface area contributed by atoms with E-state index in [-0.39, 0.29) is 5.91 Å². The Labute approximate surface area is 131 Å². The Balaban J connectivity index is 1.70. The van der Waals surface area contributed by atoms with Crippen molar-refractivity contribution < 1.29 is 9.53 Å². The molecule has 2 aromatic rings. The average Bonchev–Trinajstić information content (AvgIpc) is 3.04. The maximum atomic E-state index is 12.6. The molecule has 114 valence electrons. The fourth-order valence-corrected chi connectivity index (χ4v) is 3.05. The number of rotatable bonds is 3. The van der Waals surface area contributed by atoms with Gasteiger partial charge in [-0.05, 0) is 43.2 Å². The first kappa shape index (κ1) is 14.6. The van der Waals surface area contributed by atoms with E-state index in [0.717, 1.165) is 36.4 Å². The van der Waals surface area contributed by atoms with Crippen LogP contribution in [0.1, 0.15) is 33.8 Å². The van der Waals surface area contributed by atoms with Crippen LogP contribution in [0, 0.1) is 6.92 Å². The second-order valence-corrected chi connectivity index (χ2v) is 5.88. The van der Waals surface area contributed by atoms with Gasteiger partial charge in [-0.25, -0.2) is 0 Å². The van der Waals surface area contributed by atoms with E-state index < -0.39 is 0 Å². The zero-order chi connectivity index (χ0) is 15.5. The Morgan fingerprint density at radius 2 is 1.95 bits per heavy atom. The van der Waals surface area contributed by atoms with Gasteiger partial charge in [0.15, 0.2) is 0 Å². The van der Waals surface area contributed by atoms with Crippen molar-refractivity contribution in [3.8, 4) is 5.75 Å². The predicted octanol–water partition coefficient (Wildman–Crippen LogP) is 3.63. The van der Waals surface area contributed by atoms with Crippen LogP contribution >= 0.6 is 0 Å². The molecule has 1 saturated heterocycles. The first-order valence-electron chi connectivity index (χ1n) is 7.67. The SMILES string of the molecule is COc1ccc(C2CCN(C(=O)c3cccc(C)c3)C2)cc1. The standard InChI is InChI=1S/C19H21NO2/c1-14-4-3-5-16(12-14)19(21)20-11-10-17(13-20)15-6-8-18(22-2)9-7-15/h3-9,12,17H,10-11,13H2,1-2H3. The van der Waals surface area contributed by atoms with Crippen LogP contribution < -0.4 is 4.74 Å². The van der Waals surface area contributed by atoms with Gasteiger partial charge in [0.25, 0.3) is 5.91 Å². The molecule has 3 nitrogen and oxygen atoms in total. The summed E-state index contributed by atoms with van der Waals surface area (Å²) in [5, 5.41) is 0. The number of hydrogen-bond acceptors (Lipinski definition) is 2. The second-order valence-electron chi connectivity index (χ2n) is 5.88. The highest BCUT2D eigenvalue weighted by Crippen LogP contribution is 2.29. The van der Waals surface area contributed by atoms with Gasteiger partial charge < -0.3 is 9.64 Å². The number of benzene rings is 2. The zero-order valence-corrected chi connectivity index (χ0v) is 13.1. The van der Waals surface area contributed by atoms with Gasteiger partial charge in [-0.2, -0.15) is 0 Å². The van der Waals surface area contributed by atoms with Crippen LogP contribution in [-0.2, 0) is 0 Å². The number of likely N-dealkylation sites (tertiary alicyclic amines) is 1. The molecule has 1 unspecified atom stereocenters. The Morgan fingerprint density at radius 3 is 2.64 bits per heavy atom. The van der Waals surface area contributed by atoms with Gasteiger partial charge in [0.05, 0.1) is 7.11 Å². The van der Waals surface area contributed by atoms with Crippen LogP contribution in [0.3, 0.4) is 0 Å². The monoisotopic (exact) mass is 295 g/mol. The molecular formula is C19H21NO2. The number of methoxy groups -OCH3 is 1. The summed E-state index contributed by atoms with van der Waals surface area (Å²) in [5.74, 6) is 1.42. The molecule has 0 saturated carbocycles. The smallest absolute Gasteiger partial charge is 0.253 e.